The van der Waals surface area contributed by atoms with Crippen molar-refractivity contribution in [3.63, 3.8) is 0 Å². The molecular weight excluding hydrogens is 198 g/mol. The van der Waals surface area contributed by atoms with Gasteiger partial charge in [-0.25, -0.2) is 0 Å². The molecule has 0 N–H and O–H groups in total. The van der Waals surface area contributed by atoms with E-state index in [2.05, 4.69) is 24.0 Å². The number of allylic oxidation sites excluding steroid dienone is 1. The maximum Gasteiger partial charge on any atom is 0.0594 e. The van der Waals surface area contributed by atoms with Gasteiger partial charge in [0.1, 0.15) is 0 Å². The van der Waals surface area contributed by atoms with Crippen LogP contribution in [0.25, 0.3) is 0 Å². The van der Waals surface area contributed by atoms with Crippen LogP contribution in [0.15, 0.2) is 12.2 Å². The zero-order chi connectivity index (χ0) is 11.2. The molecule has 1 aliphatic carbocycles. The smallest absolute Gasteiger partial charge is 0.0594 e. The number of hydrogen-bond donors (Lipinski definition) is 0. The van der Waals surface area contributed by atoms with Gasteiger partial charge in [0.05, 0.1) is 13.2 Å². The third-order valence-corrected chi connectivity index (χ3v) is 3.93. The van der Waals surface area contributed by atoms with Crippen molar-refractivity contribution in [2.75, 3.05) is 26.3 Å². The van der Waals surface area contributed by atoms with Crippen LogP contribution in [0.1, 0.15) is 39.0 Å². The molecular formula is C14H25NO. The summed E-state index contributed by atoms with van der Waals surface area (Å²) in [5.74, 6) is 0.859. The lowest BCUT2D eigenvalue weighted by atomic mass is 9.89. The van der Waals surface area contributed by atoms with Crippen LogP contribution in [0.4, 0.5) is 0 Å². The molecule has 92 valence electrons. The number of hydrogen-bond acceptors (Lipinski definition) is 2. The molecule has 1 saturated carbocycles. The van der Waals surface area contributed by atoms with Crippen LogP contribution >= 0.6 is 0 Å². The minimum absolute atomic E-state index is 0.589. The van der Waals surface area contributed by atoms with E-state index in [4.69, 9.17) is 4.74 Å². The van der Waals surface area contributed by atoms with Gasteiger partial charge in [0, 0.05) is 19.1 Å². The lowest BCUT2D eigenvalue weighted by Crippen LogP contribution is -2.41. The first-order chi connectivity index (χ1) is 7.86. The molecule has 0 radical (unpaired) electrons. The first-order valence-corrected chi connectivity index (χ1v) is 6.86. The van der Waals surface area contributed by atoms with E-state index >= 15 is 0 Å². The summed E-state index contributed by atoms with van der Waals surface area (Å²) in [5.41, 5.74) is 0. The molecule has 0 aromatic carbocycles. The molecule has 0 aromatic heterocycles. The minimum Gasteiger partial charge on any atom is -0.379 e. The van der Waals surface area contributed by atoms with Crippen molar-refractivity contribution in [3.05, 3.63) is 12.2 Å². The van der Waals surface area contributed by atoms with E-state index in [1.54, 1.807) is 0 Å². The van der Waals surface area contributed by atoms with Crippen molar-refractivity contribution < 1.29 is 4.74 Å². The molecule has 0 bridgehead atoms. The van der Waals surface area contributed by atoms with Crippen molar-refractivity contribution in [1.29, 1.82) is 0 Å². The Hall–Kier alpha value is -0.340. The van der Waals surface area contributed by atoms with Crippen LogP contribution in [-0.2, 0) is 4.74 Å². The van der Waals surface area contributed by atoms with Gasteiger partial charge >= 0.3 is 0 Å². The highest BCUT2D eigenvalue weighted by molar-refractivity contribution is 4.96. The molecule has 1 heterocycles. The van der Waals surface area contributed by atoms with Gasteiger partial charge in [0.2, 0.25) is 0 Å². The van der Waals surface area contributed by atoms with E-state index in [1.165, 1.54) is 32.1 Å². The van der Waals surface area contributed by atoms with E-state index in [0.29, 0.717) is 6.04 Å². The highest BCUT2D eigenvalue weighted by atomic mass is 16.5. The van der Waals surface area contributed by atoms with E-state index in [0.717, 1.165) is 32.2 Å². The monoisotopic (exact) mass is 223 g/mol. The zero-order valence-corrected chi connectivity index (χ0v) is 10.5. The van der Waals surface area contributed by atoms with E-state index < -0.39 is 0 Å². The number of rotatable bonds is 3. The van der Waals surface area contributed by atoms with Gasteiger partial charge in [0.15, 0.2) is 0 Å². The first-order valence-electron chi connectivity index (χ1n) is 6.86. The Morgan fingerprint density at radius 1 is 1.12 bits per heavy atom. The number of ether oxygens (including phenoxy) is 1. The summed E-state index contributed by atoms with van der Waals surface area (Å²) in [6.07, 6.45) is 12.0. The van der Waals surface area contributed by atoms with Crippen LogP contribution < -0.4 is 0 Å². The van der Waals surface area contributed by atoms with Gasteiger partial charge in [-0.1, -0.05) is 31.4 Å². The van der Waals surface area contributed by atoms with E-state index in [9.17, 15) is 0 Å². The zero-order valence-electron chi connectivity index (χ0n) is 10.5. The van der Waals surface area contributed by atoms with E-state index in [1.807, 2.05) is 0 Å². The molecule has 0 amide bonds. The van der Waals surface area contributed by atoms with Gasteiger partial charge in [0.25, 0.3) is 0 Å². The fourth-order valence-corrected chi connectivity index (χ4v) is 2.75. The van der Waals surface area contributed by atoms with Gasteiger partial charge in [-0.2, -0.15) is 0 Å². The Labute approximate surface area is 99.7 Å². The molecule has 1 unspecified atom stereocenters. The average molecular weight is 223 g/mol. The highest BCUT2D eigenvalue weighted by Gasteiger charge is 2.15. The predicted octanol–water partition coefficient (Wildman–Crippen LogP) is 2.84. The molecule has 0 spiro atoms. The normalized spacial score (nSPS) is 27.3. The Morgan fingerprint density at radius 2 is 1.81 bits per heavy atom. The second-order valence-corrected chi connectivity index (χ2v) is 5.17. The molecule has 2 rings (SSSR count). The van der Waals surface area contributed by atoms with Crippen molar-refractivity contribution in [2.24, 2.45) is 5.92 Å². The molecule has 2 fully saturated rings. The van der Waals surface area contributed by atoms with Crippen LogP contribution in [-0.4, -0.2) is 37.2 Å². The molecule has 1 saturated heterocycles. The molecule has 1 atom stereocenters. The van der Waals surface area contributed by atoms with Crippen LogP contribution in [0.3, 0.4) is 0 Å². The molecule has 2 heteroatoms. The maximum absolute atomic E-state index is 5.38. The van der Waals surface area contributed by atoms with E-state index in [-0.39, 0.29) is 0 Å². The highest BCUT2D eigenvalue weighted by Crippen LogP contribution is 2.24. The van der Waals surface area contributed by atoms with Crippen LogP contribution in [0.2, 0.25) is 0 Å². The average Bonchev–Trinajstić information content (AvgIpc) is 2.38. The quantitative estimate of drug-likeness (QED) is 0.682. The summed E-state index contributed by atoms with van der Waals surface area (Å²) in [7, 11) is 0. The van der Waals surface area contributed by atoms with Gasteiger partial charge in [-0.3, -0.25) is 4.90 Å². The number of nitrogens with zero attached hydrogens (tertiary/aromatic N) is 1. The van der Waals surface area contributed by atoms with Gasteiger partial charge < -0.3 is 4.74 Å². The summed E-state index contributed by atoms with van der Waals surface area (Å²) in [6, 6.07) is 0.589. The molecule has 0 aromatic rings. The Kier molecular flexibility index (Phi) is 4.86. The van der Waals surface area contributed by atoms with Crippen molar-refractivity contribution in [2.45, 2.75) is 45.1 Å². The van der Waals surface area contributed by atoms with Crippen LogP contribution in [0, 0.1) is 5.92 Å². The summed E-state index contributed by atoms with van der Waals surface area (Å²) in [5, 5.41) is 0. The fraction of sp³-hybridized carbons (Fsp3) is 0.857. The Bertz CT molecular complexity index is 215. The maximum atomic E-state index is 5.38. The fourth-order valence-electron chi connectivity index (χ4n) is 2.75. The van der Waals surface area contributed by atoms with Crippen LogP contribution in [0.5, 0.6) is 0 Å². The molecule has 2 aliphatic rings. The van der Waals surface area contributed by atoms with Gasteiger partial charge in [-0.15, -0.1) is 0 Å². The summed E-state index contributed by atoms with van der Waals surface area (Å²) < 4.78 is 5.38. The third-order valence-electron chi connectivity index (χ3n) is 3.93. The van der Waals surface area contributed by atoms with Crippen molar-refractivity contribution >= 4 is 0 Å². The SMILES string of the molecule is CC(/C=C/C1CCCCC1)N1CCOCC1. The Morgan fingerprint density at radius 3 is 2.50 bits per heavy atom. The predicted molar refractivity (Wildman–Crippen MR) is 67.6 cm³/mol. The van der Waals surface area contributed by atoms with Crippen molar-refractivity contribution in [1.82, 2.24) is 4.90 Å². The second-order valence-electron chi connectivity index (χ2n) is 5.17. The lowest BCUT2D eigenvalue weighted by Gasteiger charge is -2.31. The minimum atomic E-state index is 0.589. The largest absolute Gasteiger partial charge is 0.379 e. The number of morpholine rings is 1. The molecule has 16 heavy (non-hydrogen) atoms. The summed E-state index contributed by atoms with van der Waals surface area (Å²) in [6.45, 7) is 6.31. The first kappa shape index (κ1) is 12.1. The summed E-state index contributed by atoms with van der Waals surface area (Å²) >= 11 is 0. The molecule has 1 aliphatic heterocycles. The van der Waals surface area contributed by atoms with Gasteiger partial charge in [-0.05, 0) is 25.7 Å². The lowest BCUT2D eigenvalue weighted by molar-refractivity contribution is 0.0286. The Balaban J connectivity index is 1.75. The third kappa shape index (κ3) is 3.60. The van der Waals surface area contributed by atoms with Crippen molar-refractivity contribution in [3.8, 4) is 0 Å². The molecule has 2 nitrogen and oxygen atoms in total. The standard InChI is InChI=1S/C14H25NO/c1-13(15-9-11-16-12-10-15)7-8-14-5-3-2-4-6-14/h7-8,13-14H,2-6,9-12H2,1H3/b8-7+. The second kappa shape index (κ2) is 6.41. The topological polar surface area (TPSA) is 12.5 Å². The summed E-state index contributed by atoms with van der Waals surface area (Å²) in [4.78, 5) is 2.52.